The molecule has 0 rings (SSSR count). The molecule has 5 heteroatoms. The van der Waals surface area contributed by atoms with E-state index in [1.165, 1.54) is 0 Å². The Morgan fingerprint density at radius 2 is 1.76 bits per heavy atom. The predicted octanol–water partition coefficient (Wildman–Crippen LogP) is 1.67. The number of nitrogens with one attached hydrogen (secondary N) is 2. The van der Waals surface area contributed by atoms with E-state index in [4.69, 9.17) is 4.74 Å². The maximum Gasteiger partial charge on any atom is 0.408 e. The van der Waals surface area contributed by atoms with Crippen molar-refractivity contribution in [2.24, 2.45) is 5.92 Å². The first-order valence-electron chi connectivity index (χ1n) is 5.94. The number of hydrogen-bond donors (Lipinski definition) is 2. The van der Waals surface area contributed by atoms with Gasteiger partial charge in [-0.3, -0.25) is 4.79 Å². The highest BCUT2D eigenvalue weighted by molar-refractivity contribution is 5.85. The van der Waals surface area contributed by atoms with Crippen molar-refractivity contribution in [3.63, 3.8) is 0 Å². The van der Waals surface area contributed by atoms with Gasteiger partial charge in [0.25, 0.3) is 0 Å². The van der Waals surface area contributed by atoms with Gasteiger partial charge in [0.2, 0.25) is 5.91 Å². The molecule has 0 aromatic carbocycles. The van der Waals surface area contributed by atoms with E-state index in [0.29, 0.717) is 6.54 Å². The van der Waals surface area contributed by atoms with Gasteiger partial charge >= 0.3 is 6.09 Å². The largest absolute Gasteiger partial charge is 0.444 e. The number of amides is 2. The van der Waals surface area contributed by atoms with Crippen molar-refractivity contribution in [3.05, 3.63) is 0 Å². The van der Waals surface area contributed by atoms with Crippen LogP contribution in [0.4, 0.5) is 4.79 Å². The lowest BCUT2D eigenvalue weighted by molar-refractivity contribution is -0.124. The summed E-state index contributed by atoms with van der Waals surface area (Å²) in [5.74, 6) is -0.178. The van der Waals surface area contributed by atoms with Gasteiger partial charge < -0.3 is 15.4 Å². The van der Waals surface area contributed by atoms with Gasteiger partial charge in [0.15, 0.2) is 0 Å². The van der Waals surface area contributed by atoms with Gasteiger partial charge in [-0.15, -0.1) is 0 Å². The summed E-state index contributed by atoms with van der Waals surface area (Å²) in [6.45, 7) is 11.5. The lowest BCUT2D eigenvalue weighted by Gasteiger charge is -2.25. The second-order valence-electron chi connectivity index (χ2n) is 5.26. The van der Waals surface area contributed by atoms with Crippen molar-refractivity contribution >= 4 is 12.0 Å². The van der Waals surface area contributed by atoms with Crippen molar-refractivity contribution < 1.29 is 14.3 Å². The van der Waals surface area contributed by atoms with Crippen molar-refractivity contribution in [2.75, 3.05) is 6.54 Å². The second kappa shape index (κ2) is 6.47. The lowest BCUT2D eigenvalue weighted by Crippen LogP contribution is -2.50. The molecule has 0 aliphatic heterocycles. The summed E-state index contributed by atoms with van der Waals surface area (Å²) in [6, 6.07) is -0.565. The van der Waals surface area contributed by atoms with E-state index in [-0.39, 0.29) is 11.8 Å². The van der Waals surface area contributed by atoms with E-state index >= 15 is 0 Å². The minimum absolute atomic E-state index is 0.00840. The molecular weight excluding hydrogens is 220 g/mol. The summed E-state index contributed by atoms with van der Waals surface area (Å²) in [4.78, 5) is 23.3. The van der Waals surface area contributed by atoms with Crippen LogP contribution in [0.15, 0.2) is 0 Å². The zero-order chi connectivity index (χ0) is 13.6. The predicted molar refractivity (Wildman–Crippen MR) is 66.7 cm³/mol. The number of hydrogen-bond acceptors (Lipinski definition) is 3. The van der Waals surface area contributed by atoms with Gasteiger partial charge in [0.05, 0.1) is 0 Å². The first kappa shape index (κ1) is 15.7. The molecule has 0 aromatic heterocycles. The second-order valence-corrected chi connectivity index (χ2v) is 5.26. The van der Waals surface area contributed by atoms with Crippen LogP contribution in [0.5, 0.6) is 0 Å². The van der Waals surface area contributed by atoms with Crippen LogP contribution >= 0.6 is 0 Å². The Balaban J connectivity index is 4.46. The van der Waals surface area contributed by atoms with Gasteiger partial charge in [-0.05, 0) is 33.6 Å². The third kappa shape index (κ3) is 6.81. The Labute approximate surface area is 103 Å². The smallest absolute Gasteiger partial charge is 0.408 e. The standard InChI is InChI=1S/C12H24N2O3/c1-7-13-10(15)9(8(2)3)14-11(16)17-12(4,5)6/h8-9H,7H2,1-6H3,(H,13,15)(H,14,16)/t9-/m0/s1. The van der Waals surface area contributed by atoms with E-state index in [1.54, 1.807) is 20.8 Å². The first-order chi connectivity index (χ1) is 7.67. The quantitative estimate of drug-likeness (QED) is 0.790. The third-order valence-corrected chi connectivity index (χ3v) is 1.97. The van der Waals surface area contributed by atoms with Gasteiger partial charge in [-0.25, -0.2) is 4.79 Å². The van der Waals surface area contributed by atoms with E-state index < -0.39 is 17.7 Å². The lowest BCUT2D eigenvalue weighted by atomic mass is 10.0. The Kier molecular flexibility index (Phi) is 5.99. The zero-order valence-corrected chi connectivity index (χ0v) is 11.6. The molecule has 1 atom stereocenters. The van der Waals surface area contributed by atoms with Crippen molar-refractivity contribution in [2.45, 2.75) is 53.2 Å². The minimum atomic E-state index is -0.567. The number of carbonyl (C=O) groups excluding carboxylic acids is 2. The Bertz CT molecular complexity index is 269. The molecule has 0 saturated heterocycles. The van der Waals surface area contributed by atoms with Crippen molar-refractivity contribution in [1.29, 1.82) is 0 Å². The molecule has 2 N–H and O–H groups in total. The summed E-state index contributed by atoms with van der Waals surface area (Å²) >= 11 is 0. The summed E-state index contributed by atoms with van der Waals surface area (Å²) in [7, 11) is 0. The molecular formula is C12H24N2O3. The Hall–Kier alpha value is -1.26. The van der Waals surface area contributed by atoms with E-state index in [1.807, 2.05) is 20.8 Å². The fourth-order valence-electron chi connectivity index (χ4n) is 1.25. The Morgan fingerprint density at radius 3 is 2.12 bits per heavy atom. The number of ether oxygens (including phenoxy) is 1. The maximum absolute atomic E-state index is 11.7. The van der Waals surface area contributed by atoms with Crippen LogP contribution in [0.25, 0.3) is 0 Å². The third-order valence-electron chi connectivity index (χ3n) is 1.97. The van der Waals surface area contributed by atoms with Crippen molar-refractivity contribution in [3.8, 4) is 0 Å². The molecule has 0 saturated carbocycles. The summed E-state index contributed by atoms with van der Waals surface area (Å²) in [5.41, 5.74) is -0.563. The van der Waals surface area contributed by atoms with Gasteiger partial charge in [0.1, 0.15) is 11.6 Å². The number of rotatable bonds is 4. The molecule has 100 valence electrons. The summed E-state index contributed by atoms with van der Waals surface area (Å²) in [6.07, 6.45) is -0.567. The highest BCUT2D eigenvalue weighted by Gasteiger charge is 2.26. The molecule has 0 spiro atoms. The van der Waals surface area contributed by atoms with E-state index in [9.17, 15) is 9.59 Å². The van der Waals surface area contributed by atoms with Crippen LogP contribution < -0.4 is 10.6 Å². The fraction of sp³-hybridized carbons (Fsp3) is 0.833. The molecule has 0 aromatic rings. The van der Waals surface area contributed by atoms with Crippen molar-refractivity contribution in [1.82, 2.24) is 10.6 Å². The molecule has 0 aliphatic rings. The molecule has 0 bridgehead atoms. The van der Waals surface area contributed by atoms with Crippen LogP contribution in [0, 0.1) is 5.92 Å². The van der Waals surface area contributed by atoms with Crippen LogP contribution in [0.3, 0.4) is 0 Å². The summed E-state index contributed by atoms with van der Waals surface area (Å²) < 4.78 is 5.12. The molecule has 17 heavy (non-hydrogen) atoms. The normalized spacial score (nSPS) is 13.1. The summed E-state index contributed by atoms with van der Waals surface area (Å²) in [5, 5.41) is 5.27. The molecule has 2 amide bonds. The highest BCUT2D eigenvalue weighted by Crippen LogP contribution is 2.08. The van der Waals surface area contributed by atoms with Gasteiger partial charge in [0, 0.05) is 6.54 Å². The molecule has 0 aliphatic carbocycles. The molecule has 0 radical (unpaired) electrons. The zero-order valence-electron chi connectivity index (χ0n) is 11.6. The van der Waals surface area contributed by atoms with Crippen LogP contribution in [0.2, 0.25) is 0 Å². The average molecular weight is 244 g/mol. The topological polar surface area (TPSA) is 67.4 Å². The molecule has 0 fully saturated rings. The van der Waals surface area contributed by atoms with Crippen LogP contribution in [0.1, 0.15) is 41.5 Å². The fourth-order valence-corrected chi connectivity index (χ4v) is 1.25. The monoisotopic (exact) mass is 244 g/mol. The maximum atomic E-state index is 11.7. The van der Waals surface area contributed by atoms with Gasteiger partial charge in [-0.2, -0.15) is 0 Å². The van der Waals surface area contributed by atoms with E-state index in [2.05, 4.69) is 10.6 Å². The SMILES string of the molecule is CCNC(=O)[C@@H](NC(=O)OC(C)(C)C)C(C)C. The highest BCUT2D eigenvalue weighted by atomic mass is 16.6. The first-order valence-corrected chi connectivity index (χ1v) is 5.94. The Morgan fingerprint density at radius 1 is 1.24 bits per heavy atom. The average Bonchev–Trinajstić information content (AvgIpc) is 2.11. The number of likely N-dealkylation sites (N-methyl/N-ethyl adjacent to an activating group) is 1. The number of alkyl carbamates (subject to hydrolysis) is 1. The number of carbonyl (C=O) groups is 2. The molecule has 5 nitrogen and oxygen atoms in total. The minimum Gasteiger partial charge on any atom is -0.444 e. The van der Waals surface area contributed by atoms with E-state index in [0.717, 1.165) is 0 Å². The van der Waals surface area contributed by atoms with Gasteiger partial charge in [-0.1, -0.05) is 13.8 Å². The molecule has 0 unspecified atom stereocenters. The van der Waals surface area contributed by atoms with Crippen LogP contribution in [-0.2, 0) is 9.53 Å². The van der Waals surface area contributed by atoms with Crippen LogP contribution in [-0.4, -0.2) is 30.2 Å². The molecule has 0 heterocycles.